The molecule has 1 aliphatic heterocycles. The van der Waals surface area contributed by atoms with Crippen LogP contribution in [0, 0.1) is 20.2 Å². The fourth-order valence-electron chi connectivity index (χ4n) is 3.57. The van der Waals surface area contributed by atoms with E-state index in [1.807, 2.05) is 6.92 Å². The molecule has 0 bridgehead atoms. The third kappa shape index (κ3) is 5.75. The molecular weight excluding hydrogens is 580 g/mol. The summed E-state index contributed by atoms with van der Waals surface area (Å²) in [7, 11) is 0. The quantitative estimate of drug-likeness (QED) is 0.160. The largest absolute Gasteiger partial charge is 0.494 e. The SMILES string of the molecule is CCOc1ccc(N2C(=O)NC(=O)/C(=C\c3ccc(Oc4ccc([N+](=O)[O-])cc4[N+](=O)[O-])c(Br)c3)C2=O)cc1. The third-order valence-corrected chi connectivity index (χ3v) is 5.96. The third-order valence-electron chi connectivity index (χ3n) is 5.34. The van der Waals surface area contributed by atoms with Gasteiger partial charge in [-0.3, -0.25) is 35.1 Å². The number of anilines is 1. The number of non-ortho nitro benzene ring substituents is 1. The number of rotatable bonds is 8. The number of nitrogens with one attached hydrogen (secondary N) is 1. The van der Waals surface area contributed by atoms with E-state index in [9.17, 15) is 34.6 Å². The summed E-state index contributed by atoms with van der Waals surface area (Å²) in [6.07, 6.45) is 1.27. The number of carbonyl (C=O) groups is 3. The number of nitro groups is 2. The van der Waals surface area contributed by atoms with E-state index in [0.717, 1.165) is 23.1 Å². The lowest BCUT2D eigenvalue weighted by Gasteiger charge is -2.26. The van der Waals surface area contributed by atoms with Crippen LogP contribution in [0.25, 0.3) is 6.08 Å². The summed E-state index contributed by atoms with van der Waals surface area (Å²) >= 11 is 3.28. The van der Waals surface area contributed by atoms with Crippen molar-refractivity contribution in [2.45, 2.75) is 6.92 Å². The van der Waals surface area contributed by atoms with Crippen LogP contribution in [0.3, 0.4) is 0 Å². The Morgan fingerprint density at radius 3 is 2.26 bits per heavy atom. The van der Waals surface area contributed by atoms with Crippen LogP contribution in [-0.4, -0.2) is 34.3 Å². The zero-order valence-electron chi connectivity index (χ0n) is 20.0. The Balaban J connectivity index is 1.61. The van der Waals surface area contributed by atoms with Gasteiger partial charge >= 0.3 is 11.7 Å². The highest BCUT2D eigenvalue weighted by atomic mass is 79.9. The van der Waals surface area contributed by atoms with Gasteiger partial charge in [0.15, 0.2) is 0 Å². The average Bonchev–Trinajstić information content (AvgIpc) is 2.89. The lowest BCUT2D eigenvalue weighted by atomic mass is 10.1. The minimum Gasteiger partial charge on any atom is -0.494 e. The molecule has 3 aromatic carbocycles. The highest BCUT2D eigenvalue weighted by Gasteiger charge is 2.36. The van der Waals surface area contributed by atoms with Crippen molar-refractivity contribution in [3.05, 3.63) is 96.5 Å². The number of barbiturate groups is 1. The first kappa shape index (κ1) is 26.9. The fraction of sp³-hybridized carbons (Fsp3) is 0.0800. The first-order chi connectivity index (χ1) is 18.6. The summed E-state index contributed by atoms with van der Waals surface area (Å²) in [5, 5.41) is 24.5. The second kappa shape index (κ2) is 11.1. The van der Waals surface area contributed by atoms with Gasteiger partial charge < -0.3 is 9.47 Å². The maximum Gasteiger partial charge on any atom is 0.335 e. The van der Waals surface area contributed by atoms with Gasteiger partial charge in [0.1, 0.15) is 17.1 Å². The van der Waals surface area contributed by atoms with Gasteiger partial charge in [-0.05, 0) is 77.0 Å². The molecule has 1 aliphatic rings. The Morgan fingerprint density at radius 2 is 1.64 bits per heavy atom. The van der Waals surface area contributed by atoms with Crippen molar-refractivity contribution >= 4 is 56.9 Å². The molecule has 14 heteroatoms. The molecule has 13 nitrogen and oxygen atoms in total. The fourth-order valence-corrected chi connectivity index (χ4v) is 4.05. The van der Waals surface area contributed by atoms with Crippen LogP contribution < -0.4 is 19.7 Å². The molecule has 1 fully saturated rings. The molecule has 0 aliphatic carbocycles. The van der Waals surface area contributed by atoms with Crippen molar-refractivity contribution in [3.63, 3.8) is 0 Å². The van der Waals surface area contributed by atoms with Crippen LogP contribution in [0.2, 0.25) is 0 Å². The van der Waals surface area contributed by atoms with Crippen molar-refractivity contribution < 1.29 is 33.7 Å². The molecule has 1 N–H and O–H groups in total. The Hall–Kier alpha value is -5.11. The number of hydrogen-bond donors (Lipinski definition) is 1. The molecule has 39 heavy (non-hydrogen) atoms. The van der Waals surface area contributed by atoms with Crippen LogP contribution >= 0.6 is 15.9 Å². The van der Waals surface area contributed by atoms with Crippen molar-refractivity contribution in [1.29, 1.82) is 0 Å². The van der Waals surface area contributed by atoms with E-state index in [4.69, 9.17) is 9.47 Å². The molecule has 1 heterocycles. The molecule has 0 aromatic heterocycles. The topological polar surface area (TPSA) is 171 Å². The molecular formula is C25H17BrN4O9. The van der Waals surface area contributed by atoms with Crippen LogP contribution in [0.15, 0.2) is 70.7 Å². The molecule has 0 spiro atoms. The van der Waals surface area contributed by atoms with Gasteiger partial charge in [0.2, 0.25) is 5.75 Å². The second-order valence-electron chi connectivity index (χ2n) is 7.84. The number of carbonyl (C=O) groups excluding carboxylic acids is 3. The Labute approximate surface area is 228 Å². The van der Waals surface area contributed by atoms with Crippen LogP contribution in [0.4, 0.5) is 21.9 Å². The van der Waals surface area contributed by atoms with E-state index in [1.165, 1.54) is 36.4 Å². The van der Waals surface area contributed by atoms with Crippen molar-refractivity contribution in [2.75, 3.05) is 11.5 Å². The van der Waals surface area contributed by atoms with E-state index in [2.05, 4.69) is 21.2 Å². The molecule has 0 radical (unpaired) electrons. The average molecular weight is 597 g/mol. The molecule has 198 valence electrons. The highest BCUT2D eigenvalue weighted by Crippen LogP contribution is 2.37. The Kier molecular flexibility index (Phi) is 7.67. The predicted molar refractivity (Wildman–Crippen MR) is 141 cm³/mol. The number of ether oxygens (including phenoxy) is 2. The predicted octanol–water partition coefficient (Wildman–Crippen LogP) is 5.12. The van der Waals surface area contributed by atoms with Gasteiger partial charge in [0.05, 0.1) is 32.7 Å². The number of hydrogen-bond acceptors (Lipinski definition) is 9. The molecule has 1 saturated heterocycles. The number of amides is 4. The first-order valence-electron chi connectivity index (χ1n) is 11.1. The molecule has 0 atom stereocenters. The number of imide groups is 2. The van der Waals surface area contributed by atoms with Gasteiger partial charge in [-0.25, -0.2) is 9.69 Å². The monoisotopic (exact) mass is 596 g/mol. The van der Waals surface area contributed by atoms with Gasteiger partial charge in [0.25, 0.3) is 17.5 Å². The Morgan fingerprint density at radius 1 is 0.949 bits per heavy atom. The zero-order valence-corrected chi connectivity index (χ0v) is 21.5. The van der Waals surface area contributed by atoms with E-state index in [1.54, 1.807) is 12.1 Å². The molecule has 0 saturated carbocycles. The van der Waals surface area contributed by atoms with Crippen molar-refractivity contribution in [1.82, 2.24) is 5.32 Å². The van der Waals surface area contributed by atoms with Gasteiger partial charge in [-0.1, -0.05) is 6.07 Å². The lowest BCUT2D eigenvalue weighted by molar-refractivity contribution is -0.394. The number of benzene rings is 3. The number of urea groups is 1. The summed E-state index contributed by atoms with van der Waals surface area (Å²) in [6, 6.07) is 12.6. The second-order valence-corrected chi connectivity index (χ2v) is 8.70. The number of halogens is 1. The normalized spacial score (nSPS) is 14.3. The number of nitro benzene ring substituents is 2. The van der Waals surface area contributed by atoms with Gasteiger partial charge in [-0.15, -0.1) is 0 Å². The van der Waals surface area contributed by atoms with Gasteiger partial charge in [0, 0.05) is 6.07 Å². The summed E-state index contributed by atoms with van der Waals surface area (Å²) in [4.78, 5) is 59.6. The van der Waals surface area contributed by atoms with Crippen LogP contribution in [0.5, 0.6) is 17.2 Å². The van der Waals surface area contributed by atoms with E-state index in [0.29, 0.717) is 22.4 Å². The summed E-state index contributed by atoms with van der Waals surface area (Å²) in [5.74, 6) is -1.29. The minimum atomic E-state index is -0.902. The van der Waals surface area contributed by atoms with E-state index >= 15 is 0 Å². The maximum atomic E-state index is 13.1. The molecule has 4 rings (SSSR count). The highest BCUT2D eigenvalue weighted by molar-refractivity contribution is 9.10. The first-order valence-corrected chi connectivity index (χ1v) is 11.9. The van der Waals surface area contributed by atoms with Crippen LogP contribution in [-0.2, 0) is 9.59 Å². The van der Waals surface area contributed by atoms with Crippen molar-refractivity contribution in [3.8, 4) is 17.2 Å². The van der Waals surface area contributed by atoms with Gasteiger partial charge in [-0.2, -0.15) is 0 Å². The summed E-state index contributed by atoms with van der Waals surface area (Å²) in [6.45, 7) is 2.25. The minimum absolute atomic E-state index is 0.125. The standard InChI is InChI=1S/C25H17BrN4O9/c1-2-38-17-7-4-15(5-8-17)28-24(32)18(23(31)27-25(28)33)11-14-3-9-21(19(26)12-14)39-22-10-6-16(29(34)35)13-20(22)30(36)37/h3-13H,2H2,1H3,(H,27,31,33)/b18-11+. The molecule has 0 unspecified atom stereocenters. The number of nitrogens with zero attached hydrogens (tertiary/aromatic N) is 3. The molecule has 3 aromatic rings. The van der Waals surface area contributed by atoms with E-state index < -0.39 is 39.1 Å². The van der Waals surface area contributed by atoms with E-state index in [-0.39, 0.29) is 22.8 Å². The Bertz CT molecular complexity index is 1550. The maximum absolute atomic E-state index is 13.1. The summed E-state index contributed by atoms with van der Waals surface area (Å²) < 4.78 is 11.3. The van der Waals surface area contributed by atoms with Crippen molar-refractivity contribution in [2.24, 2.45) is 0 Å². The lowest BCUT2D eigenvalue weighted by Crippen LogP contribution is -2.54. The smallest absolute Gasteiger partial charge is 0.335 e. The van der Waals surface area contributed by atoms with Crippen LogP contribution in [0.1, 0.15) is 12.5 Å². The zero-order chi connectivity index (χ0) is 28.3. The summed E-state index contributed by atoms with van der Waals surface area (Å²) in [5.41, 5.74) is -0.787. The molecule has 4 amide bonds.